The van der Waals surface area contributed by atoms with Gasteiger partial charge in [-0.25, -0.2) is 0 Å². The molecule has 0 bridgehead atoms. The van der Waals surface area contributed by atoms with E-state index in [0.29, 0.717) is 24.5 Å². The lowest BCUT2D eigenvalue weighted by Gasteiger charge is -2.13. The minimum absolute atomic E-state index is 0.0531. The molecule has 2 aromatic rings. The molecule has 1 heterocycles. The molecule has 0 fully saturated rings. The highest BCUT2D eigenvalue weighted by Gasteiger charge is 2.10. The van der Waals surface area contributed by atoms with Crippen LogP contribution >= 0.6 is 22.9 Å². The molecule has 1 aromatic carbocycles. The zero-order chi connectivity index (χ0) is 15.9. The van der Waals surface area contributed by atoms with E-state index >= 15 is 0 Å². The molecule has 0 radical (unpaired) electrons. The highest BCUT2D eigenvalue weighted by molar-refractivity contribution is 7.10. The summed E-state index contributed by atoms with van der Waals surface area (Å²) in [6.07, 6.45) is 1.15. The van der Waals surface area contributed by atoms with Crippen LogP contribution in [0.25, 0.3) is 0 Å². The Bertz CT molecular complexity index is 613. The summed E-state index contributed by atoms with van der Waals surface area (Å²) >= 11 is 7.55. The number of carbonyl (C=O) groups excluding carboxylic acids is 1. The summed E-state index contributed by atoms with van der Waals surface area (Å²) in [4.78, 5) is 13.1. The van der Waals surface area contributed by atoms with Crippen molar-refractivity contribution in [2.45, 2.75) is 32.7 Å². The van der Waals surface area contributed by atoms with Crippen LogP contribution < -0.4 is 10.1 Å². The van der Waals surface area contributed by atoms with E-state index in [1.165, 1.54) is 4.88 Å². The molecule has 0 unspecified atom stereocenters. The average Bonchev–Trinajstić information content (AvgIpc) is 2.99. The molecule has 0 saturated carbocycles. The van der Waals surface area contributed by atoms with E-state index < -0.39 is 0 Å². The van der Waals surface area contributed by atoms with Crippen LogP contribution in [0.15, 0.2) is 35.7 Å². The minimum Gasteiger partial charge on any atom is -0.493 e. The van der Waals surface area contributed by atoms with E-state index in [0.717, 1.165) is 11.3 Å². The van der Waals surface area contributed by atoms with Crippen LogP contribution in [0.5, 0.6) is 5.75 Å². The van der Waals surface area contributed by atoms with Gasteiger partial charge in [-0.2, -0.15) is 0 Å². The van der Waals surface area contributed by atoms with Crippen LogP contribution in [0.2, 0.25) is 5.02 Å². The standard InChI is InChI=1S/C17H20ClNO2S/c1-12-11-14(18)7-8-15(12)21-9-3-6-17(20)19-13(2)16-5-4-10-22-16/h4-5,7-8,10-11,13H,3,6,9H2,1-2H3,(H,19,20)/t13-/m1/s1. The summed E-state index contributed by atoms with van der Waals surface area (Å²) in [6.45, 7) is 4.47. The molecule has 0 aliphatic carbocycles. The molecule has 0 aliphatic rings. The fourth-order valence-electron chi connectivity index (χ4n) is 2.11. The Kier molecular flexibility index (Phi) is 6.28. The van der Waals surface area contributed by atoms with Gasteiger partial charge in [-0.05, 0) is 55.5 Å². The van der Waals surface area contributed by atoms with E-state index in [1.807, 2.05) is 43.5 Å². The Morgan fingerprint density at radius 3 is 2.91 bits per heavy atom. The maximum absolute atomic E-state index is 11.9. The summed E-state index contributed by atoms with van der Waals surface area (Å²) in [7, 11) is 0. The van der Waals surface area contributed by atoms with E-state index in [4.69, 9.17) is 16.3 Å². The fraction of sp³-hybridized carbons (Fsp3) is 0.353. The van der Waals surface area contributed by atoms with Gasteiger partial charge in [-0.15, -0.1) is 11.3 Å². The Hall–Kier alpha value is -1.52. The normalized spacial score (nSPS) is 12.0. The molecule has 5 heteroatoms. The quantitative estimate of drug-likeness (QED) is 0.741. The number of nitrogens with one attached hydrogen (secondary N) is 1. The Balaban J connectivity index is 1.69. The lowest BCUT2D eigenvalue weighted by atomic mass is 10.2. The maximum Gasteiger partial charge on any atom is 0.220 e. The van der Waals surface area contributed by atoms with E-state index in [1.54, 1.807) is 17.4 Å². The monoisotopic (exact) mass is 337 g/mol. The number of ether oxygens (including phenoxy) is 1. The van der Waals surface area contributed by atoms with Crippen molar-refractivity contribution in [3.63, 3.8) is 0 Å². The summed E-state index contributed by atoms with van der Waals surface area (Å²) in [5.41, 5.74) is 1.00. The van der Waals surface area contributed by atoms with E-state index in [2.05, 4.69) is 5.32 Å². The first-order chi connectivity index (χ1) is 10.6. The van der Waals surface area contributed by atoms with Crippen LogP contribution in [0.4, 0.5) is 0 Å². The first kappa shape index (κ1) is 16.8. The van der Waals surface area contributed by atoms with Crippen molar-refractivity contribution in [1.82, 2.24) is 5.32 Å². The number of thiophene rings is 1. The minimum atomic E-state index is 0.0531. The van der Waals surface area contributed by atoms with Crippen molar-refractivity contribution in [2.24, 2.45) is 0 Å². The molecule has 0 spiro atoms. The predicted molar refractivity (Wildman–Crippen MR) is 91.8 cm³/mol. The Morgan fingerprint density at radius 2 is 2.23 bits per heavy atom. The number of rotatable bonds is 7. The van der Waals surface area contributed by atoms with Crippen molar-refractivity contribution in [1.29, 1.82) is 0 Å². The van der Waals surface area contributed by atoms with Gasteiger partial charge in [0.15, 0.2) is 0 Å². The predicted octanol–water partition coefficient (Wildman–Crippen LogP) is 4.75. The average molecular weight is 338 g/mol. The van der Waals surface area contributed by atoms with Crippen molar-refractivity contribution >= 4 is 28.8 Å². The van der Waals surface area contributed by atoms with Gasteiger partial charge in [0.05, 0.1) is 12.6 Å². The second kappa shape index (κ2) is 8.20. The molecule has 118 valence electrons. The molecule has 1 aromatic heterocycles. The SMILES string of the molecule is Cc1cc(Cl)ccc1OCCCC(=O)N[C@H](C)c1cccs1. The third-order valence-corrected chi connectivity index (χ3v) is 4.58. The number of amides is 1. The van der Waals surface area contributed by atoms with Gasteiger partial charge >= 0.3 is 0 Å². The highest BCUT2D eigenvalue weighted by Crippen LogP contribution is 2.22. The molecule has 2 rings (SSSR count). The number of hydrogen-bond donors (Lipinski definition) is 1. The number of halogens is 1. The van der Waals surface area contributed by atoms with Crippen LogP contribution in [0.1, 0.15) is 36.2 Å². The van der Waals surface area contributed by atoms with E-state index in [9.17, 15) is 4.79 Å². The second-order valence-corrected chi connectivity index (χ2v) is 6.58. The van der Waals surface area contributed by atoms with Crippen molar-refractivity contribution in [2.75, 3.05) is 6.61 Å². The highest BCUT2D eigenvalue weighted by atomic mass is 35.5. The number of carbonyl (C=O) groups is 1. The van der Waals surface area contributed by atoms with Gasteiger partial charge in [0.25, 0.3) is 0 Å². The van der Waals surface area contributed by atoms with Crippen LogP contribution in [-0.4, -0.2) is 12.5 Å². The zero-order valence-corrected chi connectivity index (χ0v) is 14.3. The topological polar surface area (TPSA) is 38.3 Å². The summed E-state index contributed by atoms with van der Waals surface area (Å²) < 4.78 is 5.68. The van der Waals surface area contributed by atoms with Crippen molar-refractivity contribution < 1.29 is 9.53 Å². The molecular weight excluding hydrogens is 318 g/mol. The van der Waals surface area contributed by atoms with Gasteiger partial charge in [0.1, 0.15) is 5.75 Å². The van der Waals surface area contributed by atoms with Crippen LogP contribution in [0, 0.1) is 6.92 Å². The summed E-state index contributed by atoms with van der Waals surface area (Å²) in [5.74, 6) is 0.870. The van der Waals surface area contributed by atoms with Gasteiger partial charge in [0, 0.05) is 16.3 Å². The van der Waals surface area contributed by atoms with Gasteiger partial charge in [-0.1, -0.05) is 17.7 Å². The first-order valence-corrected chi connectivity index (χ1v) is 8.53. The largest absolute Gasteiger partial charge is 0.493 e. The number of aryl methyl sites for hydroxylation is 1. The molecule has 1 amide bonds. The molecule has 1 N–H and O–H groups in total. The van der Waals surface area contributed by atoms with Crippen molar-refractivity contribution in [3.05, 3.63) is 51.2 Å². The van der Waals surface area contributed by atoms with E-state index in [-0.39, 0.29) is 11.9 Å². The maximum atomic E-state index is 11.9. The molecular formula is C17H20ClNO2S. The molecule has 3 nitrogen and oxygen atoms in total. The third kappa shape index (κ3) is 5.04. The molecule has 0 saturated heterocycles. The number of benzene rings is 1. The van der Waals surface area contributed by atoms with Crippen LogP contribution in [-0.2, 0) is 4.79 Å². The zero-order valence-electron chi connectivity index (χ0n) is 12.8. The van der Waals surface area contributed by atoms with Crippen LogP contribution in [0.3, 0.4) is 0 Å². The van der Waals surface area contributed by atoms with Crippen molar-refractivity contribution in [3.8, 4) is 5.75 Å². The third-order valence-electron chi connectivity index (χ3n) is 3.29. The Labute approximate surface area is 140 Å². The van der Waals surface area contributed by atoms with Gasteiger partial charge in [-0.3, -0.25) is 4.79 Å². The first-order valence-electron chi connectivity index (χ1n) is 7.28. The Morgan fingerprint density at radius 1 is 1.41 bits per heavy atom. The smallest absolute Gasteiger partial charge is 0.220 e. The summed E-state index contributed by atoms with van der Waals surface area (Å²) in [6, 6.07) is 9.61. The second-order valence-electron chi connectivity index (χ2n) is 5.17. The fourth-order valence-corrected chi connectivity index (χ4v) is 3.07. The lowest BCUT2D eigenvalue weighted by Crippen LogP contribution is -2.26. The summed E-state index contributed by atoms with van der Waals surface area (Å²) in [5, 5.41) is 5.71. The lowest BCUT2D eigenvalue weighted by molar-refractivity contribution is -0.121. The van der Waals surface area contributed by atoms with Gasteiger partial charge < -0.3 is 10.1 Å². The molecule has 0 aliphatic heterocycles. The van der Waals surface area contributed by atoms with Gasteiger partial charge in [0.2, 0.25) is 5.91 Å². The molecule has 22 heavy (non-hydrogen) atoms. The molecule has 1 atom stereocenters. The number of hydrogen-bond acceptors (Lipinski definition) is 3.